The molecule has 0 bridgehead atoms. The molecule has 1 rings (SSSR count). The predicted molar refractivity (Wildman–Crippen MR) is 59.9 cm³/mol. The first-order valence-corrected chi connectivity index (χ1v) is 5.22. The summed E-state index contributed by atoms with van der Waals surface area (Å²) in [6, 6.07) is 0. The third-order valence-corrected chi connectivity index (χ3v) is 2.16. The molecular formula is C13H16O2. The summed E-state index contributed by atoms with van der Waals surface area (Å²) in [6.45, 7) is 5.55. The van der Waals surface area contributed by atoms with Crippen LogP contribution in [0.1, 0.15) is 26.2 Å². The summed E-state index contributed by atoms with van der Waals surface area (Å²) >= 11 is 0. The van der Waals surface area contributed by atoms with Crippen molar-refractivity contribution in [3.05, 3.63) is 12.7 Å². The molecule has 2 nitrogen and oxygen atoms in total. The summed E-state index contributed by atoms with van der Waals surface area (Å²) in [5.41, 5.74) is 0. The Morgan fingerprint density at radius 2 is 2.27 bits per heavy atom. The maximum atomic E-state index is 9.01. The van der Waals surface area contributed by atoms with Crippen LogP contribution in [0.25, 0.3) is 0 Å². The summed E-state index contributed by atoms with van der Waals surface area (Å²) in [6.07, 6.45) is 4.33. The van der Waals surface area contributed by atoms with E-state index in [4.69, 9.17) is 9.84 Å². The highest BCUT2D eigenvalue weighted by molar-refractivity contribution is 5.29. The first-order valence-electron chi connectivity index (χ1n) is 5.22. The minimum absolute atomic E-state index is 0.309. The molecule has 0 aromatic heterocycles. The molecule has 3 atom stereocenters. The Bertz CT molecular complexity index is 324. The Morgan fingerprint density at radius 1 is 1.47 bits per heavy atom. The van der Waals surface area contributed by atoms with E-state index in [2.05, 4.69) is 37.2 Å². The van der Waals surface area contributed by atoms with Crippen LogP contribution in [0.4, 0.5) is 0 Å². The smallest absolute Gasteiger partial charge is 0.134 e. The fourth-order valence-corrected chi connectivity index (χ4v) is 1.26. The lowest BCUT2D eigenvalue weighted by molar-refractivity contribution is 0.281. The number of aliphatic hydroxyl groups excluding tert-OH is 1. The van der Waals surface area contributed by atoms with Crippen molar-refractivity contribution >= 4 is 0 Å². The Labute approximate surface area is 91.3 Å². The van der Waals surface area contributed by atoms with E-state index in [0.717, 1.165) is 19.3 Å². The van der Waals surface area contributed by atoms with Gasteiger partial charge in [0.1, 0.15) is 6.10 Å². The van der Waals surface area contributed by atoms with Crippen LogP contribution in [-0.2, 0) is 4.74 Å². The van der Waals surface area contributed by atoms with Gasteiger partial charge in [-0.05, 0) is 18.3 Å². The van der Waals surface area contributed by atoms with E-state index in [1.807, 2.05) is 0 Å². The molecule has 1 heterocycles. The minimum atomic E-state index is -0.774. The zero-order chi connectivity index (χ0) is 11.1. The van der Waals surface area contributed by atoms with Crippen molar-refractivity contribution in [1.82, 2.24) is 0 Å². The van der Waals surface area contributed by atoms with Crippen molar-refractivity contribution in [3.63, 3.8) is 0 Å². The van der Waals surface area contributed by atoms with Crippen LogP contribution < -0.4 is 0 Å². The van der Waals surface area contributed by atoms with E-state index in [1.165, 1.54) is 6.08 Å². The molecule has 0 aromatic carbocycles. The van der Waals surface area contributed by atoms with Gasteiger partial charge in [-0.15, -0.1) is 0 Å². The second-order valence-electron chi connectivity index (χ2n) is 3.46. The van der Waals surface area contributed by atoms with Gasteiger partial charge in [0, 0.05) is 6.42 Å². The highest BCUT2D eigenvalue weighted by Gasteiger charge is 2.36. The molecule has 2 heteroatoms. The van der Waals surface area contributed by atoms with Crippen molar-refractivity contribution in [3.8, 4) is 23.7 Å². The molecule has 1 N–H and O–H groups in total. The number of ether oxygens (including phenoxy) is 1. The van der Waals surface area contributed by atoms with Crippen molar-refractivity contribution in [1.29, 1.82) is 0 Å². The fourth-order valence-electron chi connectivity index (χ4n) is 1.26. The van der Waals surface area contributed by atoms with Crippen LogP contribution in [0.2, 0.25) is 0 Å². The van der Waals surface area contributed by atoms with Crippen molar-refractivity contribution in [2.45, 2.75) is 44.5 Å². The van der Waals surface area contributed by atoms with Gasteiger partial charge in [-0.25, -0.2) is 0 Å². The average molecular weight is 204 g/mol. The highest BCUT2D eigenvalue weighted by atomic mass is 16.6. The van der Waals surface area contributed by atoms with Gasteiger partial charge in [0.05, 0.1) is 12.2 Å². The normalized spacial score (nSPS) is 24.1. The van der Waals surface area contributed by atoms with E-state index >= 15 is 0 Å². The van der Waals surface area contributed by atoms with Gasteiger partial charge in [-0.3, -0.25) is 0 Å². The van der Waals surface area contributed by atoms with E-state index < -0.39 is 6.10 Å². The van der Waals surface area contributed by atoms with E-state index in [9.17, 15) is 0 Å². The van der Waals surface area contributed by atoms with Crippen molar-refractivity contribution in [2.24, 2.45) is 0 Å². The van der Waals surface area contributed by atoms with Gasteiger partial charge in [0.2, 0.25) is 0 Å². The van der Waals surface area contributed by atoms with Gasteiger partial charge in [0.15, 0.2) is 0 Å². The average Bonchev–Trinajstić information content (AvgIpc) is 2.96. The Hall–Kier alpha value is -1.22. The summed E-state index contributed by atoms with van der Waals surface area (Å²) in [7, 11) is 0. The molecule has 1 fully saturated rings. The number of epoxide rings is 1. The molecule has 0 radical (unpaired) electrons. The van der Waals surface area contributed by atoms with E-state index in [1.54, 1.807) is 0 Å². The Balaban J connectivity index is 2.17. The molecule has 1 aliphatic heterocycles. The van der Waals surface area contributed by atoms with Crippen LogP contribution in [0.3, 0.4) is 0 Å². The number of hydrogen-bond donors (Lipinski definition) is 1. The van der Waals surface area contributed by atoms with Crippen LogP contribution >= 0.6 is 0 Å². The third kappa shape index (κ3) is 4.70. The molecule has 0 amide bonds. The summed E-state index contributed by atoms with van der Waals surface area (Å²) in [5, 5.41) is 9.01. The van der Waals surface area contributed by atoms with Gasteiger partial charge >= 0.3 is 0 Å². The highest BCUT2D eigenvalue weighted by Crippen LogP contribution is 2.28. The first kappa shape index (κ1) is 11.9. The molecule has 1 aliphatic rings. The number of aliphatic hydroxyl groups is 1. The summed E-state index contributed by atoms with van der Waals surface area (Å²) < 4.78 is 5.39. The molecule has 1 saturated heterocycles. The zero-order valence-electron chi connectivity index (χ0n) is 8.99. The molecular weight excluding hydrogens is 188 g/mol. The monoisotopic (exact) mass is 204 g/mol. The third-order valence-electron chi connectivity index (χ3n) is 2.16. The summed E-state index contributed by atoms with van der Waals surface area (Å²) in [4.78, 5) is 0. The topological polar surface area (TPSA) is 32.8 Å². The lowest BCUT2D eigenvalue weighted by Crippen LogP contribution is -1.94. The lowest BCUT2D eigenvalue weighted by atomic mass is 10.2. The number of rotatable bonds is 4. The summed E-state index contributed by atoms with van der Waals surface area (Å²) in [5.74, 6) is 10.7. The fraction of sp³-hybridized carbons (Fsp3) is 0.538. The molecule has 0 aliphatic carbocycles. The molecule has 15 heavy (non-hydrogen) atoms. The maximum Gasteiger partial charge on any atom is 0.134 e. The largest absolute Gasteiger partial charge is 0.377 e. The van der Waals surface area contributed by atoms with E-state index in [0.29, 0.717) is 12.2 Å². The molecule has 0 spiro atoms. The minimum Gasteiger partial charge on any atom is -0.377 e. The second kappa shape index (κ2) is 6.30. The standard InChI is InChI=1S/C13H16O2/c1-3-8-12-13(15-12)10-7-5-6-9-11(14)4-2/h4,11-14H,2-3,8,10H2,1H3/t11?,12-,13-/m1/s1. The van der Waals surface area contributed by atoms with E-state index in [-0.39, 0.29) is 0 Å². The van der Waals surface area contributed by atoms with Crippen LogP contribution in [0.15, 0.2) is 12.7 Å². The zero-order valence-corrected chi connectivity index (χ0v) is 8.99. The molecule has 80 valence electrons. The SMILES string of the molecule is C=CC(O)C#CC#CC[C@H]1O[C@@H]1CCC. The van der Waals surface area contributed by atoms with Crippen molar-refractivity contribution < 1.29 is 9.84 Å². The Kier molecular flexibility index (Phi) is 4.98. The molecule has 1 unspecified atom stereocenters. The Morgan fingerprint density at radius 3 is 2.93 bits per heavy atom. The van der Waals surface area contributed by atoms with Crippen molar-refractivity contribution in [2.75, 3.05) is 0 Å². The second-order valence-corrected chi connectivity index (χ2v) is 3.46. The molecule has 0 saturated carbocycles. The van der Waals surface area contributed by atoms with Gasteiger partial charge in [-0.2, -0.15) is 0 Å². The maximum absolute atomic E-state index is 9.01. The quantitative estimate of drug-likeness (QED) is 0.427. The predicted octanol–water partition coefficient (Wildman–Crippen LogP) is 1.50. The van der Waals surface area contributed by atoms with Gasteiger partial charge < -0.3 is 9.84 Å². The molecule has 0 aromatic rings. The lowest BCUT2D eigenvalue weighted by Gasteiger charge is -1.86. The van der Waals surface area contributed by atoms with Crippen LogP contribution in [0, 0.1) is 23.7 Å². The van der Waals surface area contributed by atoms with Gasteiger partial charge in [-0.1, -0.05) is 37.8 Å². The van der Waals surface area contributed by atoms with Crippen LogP contribution in [0.5, 0.6) is 0 Å². The van der Waals surface area contributed by atoms with Crippen LogP contribution in [-0.4, -0.2) is 23.4 Å². The van der Waals surface area contributed by atoms with Gasteiger partial charge in [0.25, 0.3) is 0 Å². The number of hydrogen-bond acceptors (Lipinski definition) is 2. The first-order chi connectivity index (χ1) is 7.27.